The molecule has 2 nitrogen and oxygen atoms in total. The number of carbonyl (C=O) groups excluding carboxylic acids is 1. The minimum Gasteiger partial charge on any atom is -0.298 e. The molecule has 1 aromatic rings. The van der Waals surface area contributed by atoms with E-state index in [-0.39, 0.29) is 0 Å². The Morgan fingerprint density at radius 1 is 1.27 bits per heavy atom. The van der Waals surface area contributed by atoms with Crippen LogP contribution < -0.4 is 0 Å². The summed E-state index contributed by atoms with van der Waals surface area (Å²) in [5, 5.41) is 0. The third-order valence-corrected chi connectivity index (χ3v) is 3.75. The van der Waals surface area contributed by atoms with Gasteiger partial charge in [0, 0.05) is 16.2 Å². The predicted molar refractivity (Wildman–Crippen MR) is 62.6 cm³/mol. The topological polar surface area (TPSA) is 34.1 Å². The number of carbonyl (C=O) groups is 1. The molecule has 0 saturated carbocycles. The second-order valence-electron chi connectivity index (χ2n) is 3.41. The Bertz CT molecular complexity index is 347. The van der Waals surface area contributed by atoms with Crippen LogP contribution in [-0.2, 0) is 10.8 Å². The molecule has 1 atom stereocenters. The minimum atomic E-state index is -1.03. The first-order valence-corrected chi connectivity index (χ1v) is 6.54. The molecule has 0 spiro atoms. The van der Waals surface area contributed by atoms with Gasteiger partial charge in [0.1, 0.15) is 0 Å². The van der Waals surface area contributed by atoms with Crippen LogP contribution in [0.1, 0.15) is 36.5 Å². The van der Waals surface area contributed by atoms with Gasteiger partial charge in [-0.25, -0.2) is 0 Å². The summed E-state index contributed by atoms with van der Waals surface area (Å²) in [7, 11) is -1.03. The zero-order chi connectivity index (χ0) is 11.1. The van der Waals surface area contributed by atoms with Crippen LogP contribution in [0.4, 0.5) is 0 Å². The van der Waals surface area contributed by atoms with Gasteiger partial charge in [0.25, 0.3) is 0 Å². The van der Waals surface area contributed by atoms with E-state index in [1.165, 1.54) is 0 Å². The number of aldehydes is 1. The van der Waals surface area contributed by atoms with Gasteiger partial charge in [-0.3, -0.25) is 9.00 Å². The molecule has 0 saturated heterocycles. The van der Waals surface area contributed by atoms with E-state index >= 15 is 0 Å². The van der Waals surface area contributed by atoms with Gasteiger partial charge in [0.05, 0.1) is 10.8 Å². The smallest absolute Gasteiger partial charge is 0.151 e. The third kappa shape index (κ3) is 3.59. The number of rotatable bonds is 6. The molecule has 0 amide bonds. The monoisotopic (exact) mass is 224 g/mol. The molecule has 0 aliphatic carbocycles. The van der Waals surface area contributed by atoms with E-state index in [0.717, 1.165) is 25.5 Å². The normalized spacial score (nSPS) is 12.3. The highest BCUT2D eigenvalue weighted by Crippen LogP contribution is 2.13. The summed E-state index contributed by atoms with van der Waals surface area (Å²) in [6.45, 7) is 2.11. The molecule has 0 fully saturated rings. The molecule has 1 aromatic carbocycles. The molecule has 82 valence electrons. The molecule has 0 N–H and O–H groups in total. The quantitative estimate of drug-likeness (QED) is 0.550. The van der Waals surface area contributed by atoms with Crippen LogP contribution in [0.5, 0.6) is 0 Å². The number of hydrogen-bond donors (Lipinski definition) is 0. The Morgan fingerprint density at radius 3 is 2.67 bits per heavy atom. The van der Waals surface area contributed by atoms with Crippen LogP contribution in [0.25, 0.3) is 0 Å². The maximum Gasteiger partial charge on any atom is 0.151 e. The molecule has 1 unspecified atom stereocenters. The van der Waals surface area contributed by atoms with E-state index in [2.05, 4.69) is 6.92 Å². The highest BCUT2D eigenvalue weighted by atomic mass is 32.2. The summed E-state index contributed by atoms with van der Waals surface area (Å²) in [4.78, 5) is 11.4. The minimum absolute atomic E-state index is 0.548. The fourth-order valence-electron chi connectivity index (χ4n) is 1.38. The van der Waals surface area contributed by atoms with Crippen LogP contribution in [0.15, 0.2) is 29.2 Å². The predicted octanol–water partition coefficient (Wildman–Crippen LogP) is 2.80. The van der Waals surface area contributed by atoms with Crippen molar-refractivity contribution >= 4 is 17.1 Å². The Balaban J connectivity index is 2.68. The van der Waals surface area contributed by atoms with Gasteiger partial charge in [0.15, 0.2) is 6.29 Å². The molecule has 0 aliphatic heterocycles. The second-order valence-corrected chi connectivity index (χ2v) is 4.95. The van der Waals surface area contributed by atoms with E-state index in [4.69, 9.17) is 0 Å². The van der Waals surface area contributed by atoms with Gasteiger partial charge in [-0.15, -0.1) is 0 Å². The zero-order valence-corrected chi connectivity index (χ0v) is 9.76. The van der Waals surface area contributed by atoms with Crippen LogP contribution in [0, 0.1) is 0 Å². The molecule has 0 aromatic heterocycles. The van der Waals surface area contributed by atoms with Crippen molar-refractivity contribution in [2.24, 2.45) is 0 Å². The number of benzene rings is 1. The lowest BCUT2D eigenvalue weighted by atomic mass is 10.2. The van der Waals surface area contributed by atoms with Gasteiger partial charge >= 0.3 is 0 Å². The highest BCUT2D eigenvalue weighted by molar-refractivity contribution is 7.85. The van der Waals surface area contributed by atoms with E-state index in [1.54, 1.807) is 18.2 Å². The second kappa shape index (κ2) is 6.51. The third-order valence-electron chi connectivity index (χ3n) is 2.22. The summed E-state index contributed by atoms with van der Waals surface area (Å²) in [6.07, 6.45) is 3.94. The van der Waals surface area contributed by atoms with Gasteiger partial charge in [-0.05, 0) is 12.5 Å². The van der Waals surface area contributed by atoms with Gasteiger partial charge in [0.2, 0.25) is 0 Å². The first kappa shape index (κ1) is 12.1. The van der Waals surface area contributed by atoms with E-state index < -0.39 is 10.8 Å². The van der Waals surface area contributed by atoms with Gasteiger partial charge in [-0.2, -0.15) is 0 Å². The SMILES string of the molecule is CCCCCS(=O)c1ccccc1C=O. The summed E-state index contributed by atoms with van der Waals surface area (Å²) < 4.78 is 11.9. The number of hydrogen-bond acceptors (Lipinski definition) is 2. The molecule has 0 heterocycles. The molecule has 3 heteroatoms. The number of unbranched alkanes of at least 4 members (excludes halogenated alkanes) is 2. The van der Waals surface area contributed by atoms with Crippen molar-refractivity contribution in [2.45, 2.75) is 31.1 Å². The summed E-state index contributed by atoms with van der Waals surface area (Å²) >= 11 is 0. The molecule has 1 rings (SSSR count). The summed E-state index contributed by atoms with van der Waals surface area (Å²) in [6, 6.07) is 7.09. The Morgan fingerprint density at radius 2 is 2.00 bits per heavy atom. The van der Waals surface area contributed by atoms with Crippen molar-refractivity contribution < 1.29 is 9.00 Å². The van der Waals surface area contributed by atoms with Gasteiger partial charge in [-0.1, -0.05) is 38.0 Å². The van der Waals surface area contributed by atoms with Crippen LogP contribution >= 0.6 is 0 Å². The first-order chi connectivity index (χ1) is 7.29. The lowest BCUT2D eigenvalue weighted by Crippen LogP contribution is -2.01. The van der Waals surface area contributed by atoms with Crippen LogP contribution in [0.2, 0.25) is 0 Å². The van der Waals surface area contributed by atoms with E-state index in [1.807, 2.05) is 6.07 Å². The van der Waals surface area contributed by atoms with Crippen molar-refractivity contribution in [3.63, 3.8) is 0 Å². The van der Waals surface area contributed by atoms with Crippen LogP contribution in [0.3, 0.4) is 0 Å². The molecular weight excluding hydrogens is 208 g/mol. The average molecular weight is 224 g/mol. The van der Waals surface area contributed by atoms with E-state index in [0.29, 0.717) is 16.2 Å². The summed E-state index contributed by atoms with van der Waals surface area (Å²) in [5.41, 5.74) is 0.548. The maximum absolute atomic E-state index is 11.9. The molecular formula is C12H16O2S. The Labute approximate surface area is 93.2 Å². The molecule has 0 radical (unpaired) electrons. The van der Waals surface area contributed by atoms with Gasteiger partial charge < -0.3 is 0 Å². The molecule has 0 aliphatic rings. The molecule has 15 heavy (non-hydrogen) atoms. The zero-order valence-electron chi connectivity index (χ0n) is 8.94. The standard InChI is InChI=1S/C12H16O2S/c1-2-3-6-9-15(14)12-8-5-4-7-11(12)10-13/h4-5,7-8,10H,2-3,6,9H2,1H3. The largest absolute Gasteiger partial charge is 0.298 e. The fraction of sp³-hybridized carbons (Fsp3) is 0.417. The Kier molecular flexibility index (Phi) is 5.26. The fourth-order valence-corrected chi connectivity index (χ4v) is 2.67. The van der Waals surface area contributed by atoms with Crippen molar-refractivity contribution in [1.29, 1.82) is 0 Å². The Hall–Kier alpha value is -0.960. The van der Waals surface area contributed by atoms with Crippen molar-refractivity contribution in [2.75, 3.05) is 5.75 Å². The summed E-state index contributed by atoms with van der Waals surface area (Å²) in [5.74, 6) is 0.651. The van der Waals surface area contributed by atoms with E-state index in [9.17, 15) is 9.00 Å². The molecule has 0 bridgehead atoms. The van der Waals surface area contributed by atoms with Crippen molar-refractivity contribution in [3.05, 3.63) is 29.8 Å². The lowest BCUT2D eigenvalue weighted by Gasteiger charge is -2.03. The van der Waals surface area contributed by atoms with Crippen LogP contribution in [-0.4, -0.2) is 16.2 Å². The van der Waals surface area contributed by atoms with Crippen molar-refractivity contribution in [3.8, 4) is 0 Å². The first-order valence-electron chi connectivity index (χ1n) is 5.22. The highest BCUT2D eigenvalue weighted by Gasteiger charge is 2.07. The van der Waals surface area contributed by atoms with Crippen molar-refractivity contribution in [1.82, 2.24) is 0 Å². The maximum atomic E-state index is 11.9. The average Bonchev–Trinajstić information content (AvgIpc) is 2.29. The lowest BCUT2D eigenvalue weighted by molar-refractivity contribution is 0.112.